The zero-order chi connectivity index (χ0) is 11.5. The van der Waals surface area contributed by atoms with Gasteiger partial charge in [-0.15, -0.1) is 0 Å². The Labute approximate surface area is 88.6 Å². The summed E-state index contributed by atoms with van der Waals surface area (Å²) in [5.74, 6) is 0. The third kappa shape index (κ3) is 2.90. The molecule has 0 radical (unpaired) electrons. The predicted octanol–water partition coefficient (Wildman–Crippen LogP) is 0.452. The number of nitrogens with one attached hydrogen (secondary N) is 2. The van der Waals surface area contributed by atoms with Gasteiger partial charge in [0, 0.05) is 24.5 Å². The van der Waals surface area contributed by atoms with Crippen molar-refractivity contribution in [2.45, 2.75) is 31.2 Å². The van der Waals surface area contributed by atoms with Crippen molar-refractivity contribution in [1.82, 2.24) is 9.71 Å². The Kier molecular flexibility index (Phi) is 3.65. The minimum Gasteiger partial charge on any atom is -0.366 e. The van der Waals surface area contributed by atoms with Gasteiger partial charge in [0.2, 0.25) is 15.5 Å². The smallest absolute Gasteiger partial charge is 0.246 e. The van der Waals surface area contributed by atoms with Crippen LogP contribution < -0.4 is 10.2 Å². The summed E-state index contributed by atoms with van der Waals surface area (Å²) in [6, 6.07) is 1.00. The Morgan fingerprint density at radius 3 is 2.73 bits per heavy atom. The van der Waals surface area contributed by atoms with Gasteiger partial charge in [0.1, 0.15) is 4.90 Å². The zero-order valence-corrected chi connectivity index (χ0v) is 9.47. The Hall–Kier alpha value is -1.14. The standard InChI is InChI=1S/C9H14N2O3S/c1-3-7(2)11-15(13,14)9-6-10-5-4-8(9)12/h4-7,11H,3H2,1-2H3,(H,10,12). The molecule has 0 aliphatic carbocycles. The van der Waals surface area contributed by atoms with Gasteiger partial charge >= 0.3 is 0 Å². The summed E-state index contributed by atoms with van der Waals surface area (Å²) in [7, 11) is -3.70. The molecular formula is C9H14N2O3S. The molecule has 1 aromatic heterocycles. The molecule has 1 rings (SSSR count). The lowest BCUT2D eigenvalue weighted by atomic mass is 10.3. The molecule has 0 aliphatic rings. The summed E-state index contributed by atoms with van der Waals surface area (Å²) in [5.41, 5.74) is -0.510. The highest BCUT2D eigenvalue weighted by molar-refractivity contribution is 7.89. The van der Waals surface area contributed by atoms with Crippen molar-refractivity contribution in [3.8, 4) is 0 Å². The van der Waals surface area contributed by atoms with Gasteiger partial charge in [-0.2, -0.15) is 0 Å². The van der Waals surface area contributed by atoms with E-state index in [0.29, 0.717) is 6.42 Å². The molecule has 84 valence electrons. The monoisotopic (exact) mass is 230 g/mol. The first-order valence-corrected chi connectivity index (χ1v) is 6.15. The van der Waals surface area contributed by atoms with E-state index in [1.165, 1.54) is 18.5 Å². The molecule has 1 heterocycles. The summed E-state index contributed by atoms with van der Waals surface area (Å²) < 4.78 is 25.8. The Balaban J connectivity index is 3.08. The average Bonchev–Trinajstić information content (AvgIpc) is 2.17. The number of rotatable bonds is 4. The minimum atomic E-state index is -3.70. The van der Waals surface area contributed by atoms with E-state index >= 15 is 0 Å². The maximum Gasteiger partial charge on any atom is 0.246 e. The van der Waals surface area contributed by atoms with Crippen molar-refractivity contribution in [3.05, 3.63) is 28.7 Å². The summed E-state index contributed by atoms with van der Waals surface area (Å²) >= 11 is 0. The SMILES string of the molecule is CCC(C)NS(=O)(=O)c1c[nH]ccc1=O. The first kappa shape index (κ1) is 11.9. The van der Waals surface area contributed by atoms with Crippen LogP contribution in [0.4, 0.5) is 0 Å². The van der Waals surface area contributed by atoms with Gasteiger partial charge in [-0.1, -0.05) is 6.92 Å². The number of hydrogen-bond donors (Lipinski definition) is 2. The van der Waals surface area contributed by atoms with E-state index < -0.39 is 15.5 Å². The Morgan fingerprint density at radius 2 is 2.20 bits per heavy atom. The molecule has 15 heavy (non-hydrogen) atoms. The molecule has 0 amide bonds. The molecule has 0 saturated carbocycles. The first-order chi connectivity index (χ1) is 6.97. The van der Waals surface area contributed by atoms with Crippen LogP contribution in [0.5, 0.6) is 0 Å². The van der Waals surface area contributed by atoms with Crippen LogP contribution >= 0.6 is 0 Å². The lowest BCUT2D eigenvalue weighted by Gasteiger charge is -2.10. The second kappa shape index (κ2) is 4.59. The fraction of sp³-hybridized carbons (Fsp3) is 0.444. The molecule has 0 fully saturated rings. The van der Waals surface area contributed by atoms with Crippen molar-refractivity contribution in [2.75, 3.05) is 0 Å². The first-order valence-electron chi connectivity index (χ1n) is 4.67. The van der Waals surface area contributed by atoms with Gasteiger partial charge in [-0.05, 0) is 13.3 Å². The number of hydrogen-bond acceptors (Lipinski definition) is 3. The highest BCUT2D eigenvalue weighted by atomic mass is 32.2. The molecule has 2 N–H and O–H groups in total. The van der Waals surface area contributed by atoms with Crippen LogP contribution in [0, 0.1) is 0 Å². The fourth-order valence-electron chi connectivity index (χ4n) is 1.02. The summed E-state index contributed by atoms with van der Waals surface area (Å²) in [4.78, 5) is 13.6. The molecule has 1 unspecified atom stereocenters. The van der Waals surface area contributed by atoms with Crippen LogP contribution in [0.1, 0.15) is 20.3 Å². The average molecular weight is 230 g/mol. The van der Waals surface area contributed by atoms with Gasteiger partial charge in [-0.25, -0.2) is 13.1 Å². The van der Waals surface area contributed by atoms with Gasteiger partial charge in [0.15, 0.2) is 0 Å². The lowest BCUT2D eigenvalue weighted by molar-refractivity contribution is 0.555. The molecule has 0 bridgehead atoms. The largest absolute Gasteiger partial charge is 0.366 e. The summed E-state index contributed by atoms with van der Waals surface area (Å²) in [6.07, 6.45) is 3.25. The van der Waals surface area contributed by atoms with Crippen LogP contribution in [0.15, 0.2) is 28.2 Å². The van der Waals surface area contributed by atoms with Gasteiger partial charge < -0.3 is 4.98 Å². The predicted molar refractivity (Wildman–Crippen MR) is 57.1 cm³/mol. The minimum absolute atomic E-state index is 0.186. The molecule has 5 nitrogen and oxygen atoms in total. The molecule has 0 aromatic carbocycles. The van der Waals surface area contributed by atoms with Crippen molar-refractivity contribution < 1.29 is 8.42 Å². The van der Waals surface area contributed by atoms with Gasteiger partial charge in [-0.3, -0.25) is 4.79 Å². The third-order valence-corrected chi connectivity index (χ3v) is 3.66. The second-order valence-electron chi connectivity index (χ2n) is 3.30. The molecule has 1 atom stereocenters. The van der Waals surface area contributed by atoms with Crippen LogP contribution in [0.3, 0.4) is 0 Å². The van der Waals surface area contributed by atoms with Crippen LogP contribution in [-0.4, -0.2) is 19.4 Å². The van der Waals surface area contributed by atoms with Crippen molar-refractivity contribution >= 4 is 10.0 Å². The van der Waals surface area contributed by atoms with E-state index in [1.54, 1.807) is 6.92 Å². The molecule has 0 saturated heterocycles. The normalized spacial score (nSPS) is 13.7. The van der Waals surface area contributed by atoms with Crippen LogP contribution in [0.2, 0.25) is 0 Å². The quantitative estimate of drug-likeness (QED) is 0.788. The molecule has 0 spiro atoms. The summed E-state index contributed by atoms with van der Waals surface area (Å²) in [6.45, 7) is 3.61. The molecule has 6 heteroatoms. The van der Waals surface area contributed by atoms with E-state index in [1.807, 2.05) is 6.92 Å². The number of aromatic amines is 1. The molecule has 1 aromatic rings. The lowest BCUT2D eigenvalue weighted by Crippen LogP contribution is -2.34. The number of pyridine rings is 1. The van der Waals surface area contributed by atoms with Gasteiger partial charge in [0.05, 0.1) is 0 Å². The fourth-order valence-corrected chi connectivity index (χ4v) is 2.40. The maximum absolute atomic E-state index is 11.7. The number of sulfonamides is 1. The highest BCUT2D eigenvalue weighted by Crippen LogP contribution is 2.02. The van der Waals surface area contributed by atoms with Crippen molar-refractivity contribution in [1.29, 1.82) is 0 Å². The van der Waals surface area contributed by atoms with Gasteiger partial charge in [0.25, 0.3) is 0 Å². The Morgan fingerprint density at radius 1 is 1.53 bits per heavy atom. The van der Waals surface area contributed by atoms with E-state index in [9.17, 15) is 13.2 Å². The molecular weight excluding hydrogens is 216 g/mol. The van der Waals surface area contributed by atoms with E-state index in [0.717, 1.165) is 0 Å². The van der Waals surface area contributed by atoms with E-state index in [4.69, 9.17) is 0 Å². The van der Waals surface area contributed by atoms with Crippen LogP contribution in [0.25, 0.3) is 0 Å². The number of aromatic nitrogens is 1. The van der Waals surface area contributed by atoms with Crippen molar-refractivity contribution in [2.24, 2.45) is 0 Å². The Bertz CT molecular complexity index is 478. The third-order valence-electron chi connectivity index (χ3n) is 2.05. The van der Waals surface area contributed by atoms with Crippen molar-refractivity contribution in [3.63, 3.8) is 0 Å². The second-order valence-corrected chi connectivity index (χ2v) is 4.99. The molecule has 0 aliphatic heterocycles. The van der Waals surface area contributed by atoms with Crippen LogP contribution in [-0.2, 0) is 10.0 Å². The van der Waals surface area contributed by atoms with E-state index in [-0.39, 0.29) is 10.9 Å². The number of H-pyrrole nitrogens is 1. The summed E-state index contributed by atoms with van der Waals surface area (Å²) in [5, 5.41) is 0. The van der Waals surface area contributed by atoms with E-state index in [2.05, 4.69) is 9.71 Å². The topological polar surface area (TPSA) is 79.0 Å². The maximum atomic E-state index is 11.7. The highest BCUT2D eigenvalue weighted by Gasteiger charge is 2.19. The zero-order valence-electron chi connectivity index (χ0n) is 8.65.